The Labute approximate surface area is 268 Å². The summed E-state index contributed by atoms with van der Waals surface area (Å²) in [5.74, 6) is 0.433. The molecule has 6 aromatic rings. The number of ether oxygens (including phenoxy) is 1. The molecule has 0 fully saturated rings. The van der Waals surface area contributed by atoms with Gasteiger partial charge in [0.15, 0.2) is 0 Å². The number of carbonyl (C=O) groups excluding carboxylic acids is 1. The van der Waals surface area contributed by atoms with E-state index in [1.165, 1.54) is 11.1 Å². The molecule has 0 aliphatic heterocycles. The van der Waals surface area contributed by atoms with Gasteiger partial charge in [-0.1, -0.05) is 127 Å². The predicted molar refractivity (Wildman–Crippen MR) is 183 cm³/mol. The Hall–Kier alpha value is -5.38. The lowest BCUT2D eigenvalue weighted by Crippen LogP contribution is -2.31. The van der Waals surface area contributed by atoms with Gasteiger partial charge in [-0.2, -0.15) is 0 Å². The van der Waals surface area contributed by atoms with Gasteiger partial charge in [-0.25, -0.2) is 4.79 Å². The molecule has 0 saturated heterocycles. The smallest absolute Gasteiger partial charge is 0.407 e. The van der Waals surface area contributed by atoms with Gasteiger partial charge in [0.2, 0.25) is 0 Å². The van der Waals surface area contributed by atoms with Crippen LogP contribution in [0.3, 0.4) is 0 Å². The highest BCUT2D eigenvalue weighted by Gasteiger charge is 2.31. The summed E-state index contributed by atoms with van der Waals surface area (Å²) in [6, 6.07) is 51.7. The molecule has 0 heterocycles. The molecule has 6 heteroatoms. The fraction of sp³-hybridized carbons (Fsp3) is 0.0750. The third-order valence-corrected chi connectivity index (χ3v) is 10.8. The summed E-state index contributed by atoms with van der Waals surface area (Å²) < 4.78 is 26.6. The topological polar surface area (TPSA) is 64.6 Å². The Balaban J connectivity index is 1.11. The third-order valence-electron chi connectivity index (χ3n) is 8.38. The fourth-order valence-corrected chi connectivity index (χ4v) is 8.19. The Bertz CT molecular complexity index is 1910. The van der Waals surface area contributed by atoms with Crippen LogP contribution in [0.5, 0.6) is 5.75 Å². The zero-order valence-electron chi connectivity index (χ0n) is 25.0. The van der Waals surface area contributed by atoms with Crippen molar-refractivity contribution in [2.45, 2.75) is 12.0 Å². The number of fused-ring (bicyclic) bond motifs is 3. The maximum atomic E-state index is 14.4. The second-order valence-electron chi connectivity index (χ2n) is 11.2. The molecule has 0 saturated carbocycles. The summed E-state index contributed by atoms with van der Waals surface area (Å²) >= 11 is 0. The molecule has 0 radical (unpaired) electrons. The first-order valence-electron chi connectivity index (χ1n) is 15.3. The SMILES string of the molecule is O=C(NC(c1ccccc1)c1ccc(OP(=O)(c2ccccc2)c2ccccc2)cc1)OCC1c2ccccc2-c2ccccc21. The van der Waals surface area contributed by atoms with Crippen LogP contribution < -0.4 is 20.4 Å². The molecule has 0 aromatic heterocycles. The molecule has 6 aromatic carbocycles. The first kappa shape index (κ1) is 29.3. The average molecular weight is 622 g/mol. The van der Waals surface area contributed by atoms with Crippen molar-refractivity contribution >= 4 is 24.1 Å². The van der Waals surface area contributed by atoms with E-state index in [1.807, 2.05) is 127 Å². The van der Waals surface area contributed by atoms with E-state index in [1.54, 1.807) is 12.1 Å². The number of amides is 1. The van der Waals surface area contributed by atoms with E-state index in [0.717, 1.165) is 22.3 Å². The minimum atomic E-state index is -3.42. The number of alkyl carbamates (subject to hydrolysis) is 1. The highest BCUT2D eigenvalue weighted by atomic mass is 31.2. The molecule has 1 N–H and O–H groups in total. The van der Waals surface area contributed by atoms with Crippen molar-refractivity contribution in [3.8, 4) is 16.9 Å². The Morgan fingerprint density at radius 1 is 0.587 bits per heavy atom. The van der Waals surface area contributed by atoms with Gasteiger partial charge in [0.1, 0.15) is 12.4 Å². The second-order valence-corrected chi connectivity index (χ2v) is 13.5. The minimum Gasteiger partial charge on any atom is -0.449 e. The highest BCUT2D eigenvalue weighted by molar-refractivity contribution is 7.74. The zero-order chi connectivity index (χ0) is 31.3. The van der Waals surface area contributed by atoms with Gasteiger partial charge >= 0.3 is 13.5 Å². The lowest BCUT2D eigenvalue weighted by molar-refractivity contribution is 0.140. The maximum absolute atomic E-state index is 14.4. The van der Waals surface area contributed by atoms with Gasteiger partial charge in [-0.3, -0.25) is 4.57 Å². The largest absolute Gasteiger partial charge is 0.449 e. The van der Waals surface area contributed by atoms with E-state index >= 15 is 0 Å². The molecule has 1 unspecified atom stereocenters. The standard InChI is InChI=1S/C40H32NO4P/c42-40(44-28-38-36-22-12-10-20-34(36)35-21-11-13-23-37(35)38)41-39(29-14-4-1-5-15-29)30-24-26-31(27-25-30)45-46(43,32-16-6-2-7-17-32)33-18-8-3-9-19-33/h1-27,38-39H,28H2,(H,41,42). The number of benzene rings is 6. The molecule has 7 rings (SSSR count). The second kappa shape index (κ2) is 12.9. The van der Waals surface area contributed by atoms with Gasteiger partial charge in [-0.05, 0) is 69.8 Å². The van der Waals surface area contributed by atoms with Crippen molar-refractivity contribution in [1.29, 1.82) is 0 Å². The normalized spacial score (nSPS) is 12.9. The van der Waals surface area contributed by atoms with Crippen LogP contribution in [0.4, 0.5) is 4.79 Å². The molecule has 1 atom stereocenters. The van der Waals surface area contributed by atoms with Crippen molar-refractivity contribution in [2.75, 3.05) is 6.61 Å². The molecule has 1 amide bonds. The van der Waals surface area contributed by atoms with E-state index in [4.69, 9.17) is 9.26 Å². The van der Waals surface area contributed by atoms with Crippen molar-refractivity contribution in [3.05, 3.63) is 186 Å². The molecule has 0 bridgehead atoms. The van der Waals surface area contributed by atoms with E-state index < -0.39 is 19.5 Å². The molecule has 1 aliphatic rings. The predicted octanol–water partition coefficient (Wildman–Crippen LogP) is 8.62. The molecule has 5 nitrogen and oxygen atoms in total. The fourth-order valence-electron chi connectivity index (χ4n) is 6.14. The molecule has 0 spiro atoms. The van der Waals surface area contributed by atoms with Crippen LogP contribution in [0.1, 0.15) is 34.2 Å². The Morgan fingerprint density at radius 2 is 1.04 bits per heavy atom. The first-order chi connectivity index (χ1) is 22.6. The quantitative estimate of drug-likeness (QED) is 0.164. The van der Waals surface area contributed by atoms with Crippen LogP contribution >= 0.6 is 7.37 Å². The van der Waals surface area contributed by atoms with Gasteiger partial charge in [-0.15, -0.1) is 0 Å². The van der Waals surface area contributed by atoms with Crippen LogP contribution in [0.25, 0.3) is 11.1 Å². The summed E-state index contributed by atoms with van der Waals surface area (Å²) in [4.78, 5) is 13.4. The molecule has 46 heavy (non-hydrogen) atoms. The van der Waals surface area contributed by atoms with Crippen molar-refractivity contribution < 1.29 is 18.6 Å². The zero-order valence-corrected chi connectivity index (χ0v) is 25.9. The van der Waals surface area contributed by atoms with Gasteiger partial charge < -0.3 is 14.6 Å². The molecule has 1 aliphatic carbocycles. The van der Waals surface area contributed by atoms with Gasteiger partial charge in [0.05, 0.1) is 16.7 Å². The summed E-state index contributed by atoms with van der Waals surface area (Å²) in [5.41, 5.74) is 6.43. The highest BCUT2D eigenvalue weighted by Crippen LogP contribution is 2.46. The monoisotopic (exact) mass is 621 g/mol. The summed E-state index contributed by atoms with van der Waals surface area (Å²) in [7, 11) is -3.42. The van der Waals surface area contributed by atoms with Crippen molar-refractivity contribution in [3.63, 3.8) is 0 Å². The number of carbonyl (C=O) groups is 1. The lowest BCUT2D eigenvalue weighted by atomic mass is 9.98. The van der Waals surface area contributed by atoms with Gasteiger partial charge in [0.25, 0.3) is 0 Å². The maximum Gasteiger partial charge on any atom is 0.407 e. The summed E-state index contributed by atoms with van der Waals surface area (Å²) in [5, 5.41) is 4.31. The number of rotatable bonds is 9. The van der Waals surface area contributed by atoms with Gasteiger partial charge in [0, 0.05) is 5.92 Å². The molecule has 226 valence electrons. The number of hydrogen-bond acceptors (Lipinski definition) is 4. The molecular formula is C40H32NO4P. The van der Waals surface area contributed by atoms with E-state index in [0.29, 0.717) is 16.4 Å². The summed E-state index contributed by atoms with van der Waals surface area (Å²) in [6.45, 7) is 0.225. The Kier molecular flexibility index (Phi) is 8.24. The average Bonchev–Trinajstić information content (AvgIpc) is 3.44. The summed E-state index contributed by atoms with van der Waals surface area (Å²) in [6.07, 6.45) is -0.506. The van der Waals surface area contributed by atoms with Crippen LogP contribution in [0.15, 0.2) is 164 Å². The lowest BCUT2D eigenvalue weighted by Gasteiger charge is -2.23. The number of hydrogen-bond donors (Lipinski definition) is 1. The van der Waals surface area contributed by atoms with Crippen LogP contribution in [0, 0.1) is 0 Å². The van der Waals surface area contributed by atoms with E-state index in [-0.39, 0.29) is 12.5 Å². The third kappa shape index (κ3) is 5.85. The first-order valence-corrected chi connectivity index (χ1v) is 16.9. The Morgan fingerprint density at radius 3 is 1.59 bits per heavy atom. The number of nitrogens with one attached hydrogen (secondary N) is 1. The van der Waals surface area contributed by atoms with Crippen LogP contribution in [-0.4, -0.2) is 12.7 Å². The van der Waals surface area contributed by atoms with Crippen LogP contribution in [-0.2, 0) is 9.30 Å². The van der Waals surface area contributed by atoms with Crippen molar-refractivity contribution in [1.82, 2.24) is 5.32 Å². The van der Waals surface area contributed by atoms with E-state index in [9.17, 15) is 9.36 Å². The minimum absolute atomic E-state index is 0.0327. The van der Waals surface area contributed by atoms with E-state index in [2.05, 4.69) is 29.6 Å². The molecular weight excluding hydrogens is 589 g/mol. The van der Waals surface area contributed by atoms with Crippen molar-refractivity contribution in [2.24, 2.45) is 0 Å². The van der Waals surface area contributed by atoms with Crippen LogP contribution in [0.2, 0.25) is 0 Å².